The molecule has 2 atom stereocenters. The van der Waals surface area contributed by atoms with Crippen LogP contribution in [0.4, 0.5) is 20.6 Å². The number of aliphatic hydroxyl groups is 1. The Morgan fingerprint density at radius 2 is 1.91 bits per heavy atom. The predicted octanol–water partition coefficient (Wildman–Crippen LogP) is 2.47. The Morgan fingerprint density at radius 1 is 1.21 bits per heavy atom. The minimum atomic E-state index is -1.21. The Bertz CT molecular complexity index is 1060. The van der Waals surface area contributed by atoms with Gasteiger partial charge < -0.3 is 25.0 Å². The molecule has 0 bridgehead atoms. The lowest BCUT2D eigenvalue weighted by atomic mass is 10.1. The fourth-order valence-corrected chi connectivity index (χ4v) is 4.22. The van der Waals surface area contributed by atoms with Crippen molar-refractivity contribution in [2.75, 3.05) is 49.1 Å². The highest BCUT2D eigenvalue weighted by atomic mass is 32.1. The first kappa shape index (κ1) is 23.9. The summed E-state index contributed by atoms with van der Waals surface area (Å²) >= 11 is 4.98. The van der Waals surface area contributed by atoms with Gasteiger partial charge in [0, 0.05) is 26.2 Å². The van der Waals surface area contributed by atoms with E-state index in [0.717, 1.165) is 0 Å². The lowest BCUT2D eigenvalue weighted by molar-refractivity contribution is -0.140. The van der Waals surface area contributed by atoms with Crippen molar-refractivity contribution in [3.05, 3.63) is 59.9 Å². The van der Waals surface area contributed by atoms with Gasteiger partial charge in [0.2, 0.25) is 0 Å². The Kier molecular flexibility index (Phi) is 7.28. The normalized spacial score (nSPS) is 19.1. The smallest absolute Gasteiger partial charge is 0.414 e. The van der Waals surface area contributed by atoms with Crippen molar-refractivity contribution in [1.82, 2.24) is 10.2 Å². The molecule has 2 aromatic rings. The van der Waals surface area contributed by atoms with E-state index in [9.17, 15) is 14.7 Å². The topological polar surface area (TPSA) is 85.4 Å². The molecule has 0 radical (unpaired) electrons. The maximum atomic E-state index is 15.0. The Morgan fingerprint density at radius 3 is 2.56 bits per heavy atom. The average molecular weight is 487 g/mol. The van der Waals surface area contributed by atoms with Crippen LogP contribution in [0.3, 0.4) is 0 Å². The zero-order valence-electron chi connectivity index (χ0n) is 18.8. The van der Waals surface area contributed by atoms with Crippen molar-refractivity contribution < 1.29 is 23.8 Å². The SMILES string of the molecule is CC(=S)NC[C@H]1CN(c2ccc(N3CCN(C(=O)C(O)c4ccccc4)CC3)c(F)c2)C(=O)O1. The van der Waals surface area contributed by atoms with Gasteiger partial charge in [0.15, 0.2) is 6.10 Å². The molecule has 2 aliphatic heterocycles. The molecule has 0 aliphatic carbocycles. The molecular formula is C24H27FN4O4S. The lowest BCUT2D eigenvalue weighted by Crippen LogP contribution is -2.50. The van der Waals surface area contributed by atoms with Gasteiger partial charge in [-0.15, -0.1) is 0 Å². The third kappa shape index (κ3) is 5.28. The van der Waals surface area contributed by atoms with E-state index in [1.807, 2.05) is 11.0 Å². The molecule has 180 valence electrons. The maximum absolute atomic E-state index is 15.0. The lowest BCUT2D eigenvalue weighted by Gasteiger charge is -2.37. The molecular weight excluding hydrogens is 459 g/mol. The quantitative estimate of drug-likeness (QED) is 0.607. The van der Waals surface area contributed by atoms with Crippen molar-refractivity contribution in [1.29, 1.82) is 0 Å². The molecule has 0 spiro atoms. The first-order valence-corrected chi connectivity index (χ1v) is 11.5. The number of cyclic esters (lactones) is 1. The number of hydrogen-bond acceptors (Lipinski definition) is 6. The summed E-state index contributed by atoms with van der Waals surface area (Å²) in [5.41, 5.74) is 1.38. The van der Waals surface area contributed by atoms with Gasteiger partial charge in [-0.2, -0.15) is 0 Å². The molecule has 2 saturated heterocycles. The number of ether oxygens (including phenoxy) is 1. The fraction of sp³-hybridized carbons (Fsp3) is 0.375. The number of nitrogens with one attached hydrogen (secondary N) is 1. The van der Waals surface area contributed by atoms with E-state index in [1.54, 1.807) is 48.2 Å². The number of carbonyl (C=O) groups is 2. The number of carbonyl (C=O) groups excluding carboxylic acids is 2. The molecule has 2 aliphatic rings. The molecule has 2 aromatic carbocycles. The van der Waals surface area contributed by atoms with E-state index in [1.165, 1.54) is 11.0 Å². The first-order valence-electron chi connectivity index (χ1n) is 11.1. The molecule has 2 fully saturated rings. The van der Waals surface area contributed by atoms with E-state index < -0.39 is 18.0 Å². The van der Waals surface area contributed by atoms with E-state index in [-0.39, 0.29) is 12.0 Å². The number of thiocarbonyl (C=S) groups is 1. The molecule has 34 heavy (non-hydrogen) atoms. The van der Waals surface area contributed by atoms with Gasteiger partial charge >= 0.3 is 6.09 Å². The zero-order chi connectivity index (χ0) is 24.2. The minimum Gasteiger partial charge on any atom is -0.442 e. The second-order valence-electron chi connectivity index (χ2n) is 8.31. The number of halogens is 1. The summed E-state index contributed by atoms with van der Waals surface area (Å²) in [6.07, 6.45) is -2.11. The summed E-state index contributed by atoms with van der Waals surface area (Å²) in [4.78, 5) is 30.4. The number of amides is 2. The third-order valence-corrected chi connectivity index (χ3v) is 6.12. The van der Waals surface area contributed by atoms with Crippen LogP contribution in [0.25, 0.3) is 0 Å². The number of nitrogens with zero attached hydrogens (tertiary/aromatic N) is 3. The van der Waals surface area contributed by atoms with Crippen LogP contribution < -0.4 is 15.1 Å². The van der Waals surface area contributed by atoms with Gasteiger partial charge in [0.05, 0.1) is 29.5 Å². The third-order valence-electron chi connectivity index (χ3n) is 5.98. The highest BCUT2D eigenvalue weighted by Crippen LogP contribution is 2.29. The molecule has 10 heteroatoms. The zero-order valence-corrected chi connectivity index (χ0v) is 19.6. The van der Waals surface area contributed by atoms with Crippen LogP contribution in [-0.4, -0.2) is 72.4 Å². The van der Waals surface area contributed by atoms with Crippen LogP contribution >= 0.6 is 12.2 Å². The van der Waals surface area contributed by atoms with E-state index in [0.29, 0.717) is 61.2 Å². The number of hydrogen-bond donors (Lipinski definition) is 2. The fourth-order valence-electron chi connectivity index (χ4n) is 4.13. The average Bonchev–Trinajstić information content (AvgIpc) is 3.23. The van der Waals surface area contributed by atoms with Crippen LogP contribution in [0.2, 0.25) is 0 Å². The molecule has 1 unspecified atom stereocenters. The summed E-state index contributed by atoms with van der Waals surface area (Å²) in [6, 6.07) is 13.5. The van der Waals surface area contributed by atoms with Crippen LogP contribution in [0.5, 0.6) is 0 Å². The molecule has 2 heterocycles. The van der Waals surface area contributed by atoms with Crippen LogP contribution in [0, 0.1) is 5.82 Å². The molecule has 0 aromatic heterocycles. The number of aliphatic hydroxyl groups excluding tert-OH is 1. The Hall–Kier alpha value is -3.24. The minimum absolute atomic E-state index is 0.303. The van der Waals surface area contributed by atoms with Crippen molar-refractivity contribution >= 4 is 40.6 Å². The van der Waals surface area contributed by atoms with Crippen LogP contribution in [-0.2, 0) is 9.53 Å². The number of benzene rings is 2. The first-order chi connectivity index (χ1) is 16.3. The van der Waals surface area contributed by atoms with Gasteiger partial charge in [-0.05, 0) is 30.7 Å². The Balaban J connectivity index is 1.36. The number of anilines is 2. The van der Waals surface area contributed by atoms with Crippen molar-refractivity contribution in [2.45, 2.75) is 19.1 Å². The molecule has 2 amide bonds. The summed E-state index contributed by atoms with van der Waals surface area (Å²) < 4.78 is 20.3. The second-order valence-corrected chi connectivity index (χ2v) is 8.93. The van der Waals surface area contributed by atoms with Gasteiger partial charge in [-0.1, -0.05) is 42.5 Å². The van der Waals surface area contributed by atoms with Crippen molar-refractivity contribution in [3.63, 3.8) is 0 Å². The van der Waals surface area contributed by atoms with E-state index >= 15 is 4.39 Å². The summed E-state index contributed by atoms with van der Waals surface area (Å²) in [6.45, 7) is 4.06. The van der Waals surface area contributed by atoms with Crippen molar-refractivity contribution in [2.24, 2.45) is 0 Å². The predicted molar refractivity (Wildman–Crippen MR) is 130 cm³/mol. The monoisotopic (exact) mass is 486 g/mol. The molecule has 0 saturated carbocycles. The maximum Gasteiger partial charge on any atom is 0.414 e. The highest BCUT2D eigenvalue weighted by molar-refractivity contribution is 7.80. The Labute approximate surface area is 202 Å². The number of rotatable bonds is 6. The van der Waals surface area contributed by atoms with Gasteiger partial charge in [0.25, 0.3) is 5.91 Å². The standard InChI is InChI=1S/C24H27FN4O4S/c1-16(34)26-14-19-15-29(24(32)33-19)18-7-8-21(20(25)13-18)27-9-11-28(12-10-27)23(31)22(30)17-5-3-2-4-6-17/h2-8,13,19,22,30H,9-12,14-15H2,1H3,(H,26,34)/t19-,22?/m0/s1. The highest BCUT2D eigenvalue weighted by Gasteiger charge is 2.33. The van der Waals surface area contributed by atoms with Crippen LogP contribution in [0.1, 0.15) is 18.6 Å². The van der Waals surface area contributed by atoms with Gasteiger partial charge in [-0.3, -0.25) is 9.69 Å². The summed E-state index contributed by atoms with van der Waals surface area (Å²) in [7, 11) is 0. The number of piperazine rings is 1. The van der Waals surface area contributed by atoms with Gasteiger partial charge in [0.1, 0.15) is 11.9 Å². The van der Waals surface area contributed by atoms with Crippen molar-refractivity contribution in [3.8, 4) is 0 Å². The van der Waals surface area contributed by atoms with Crippen LogP contribution in [0.15, 0.2) is 48.5 Å². The summed E-state index contributed by atoms with van der Waals surface area (Å²) in [5.74, 6) is -0.812. The largest absolute Gasteiger partial charge is 0.442 e. The molecule has 2 N–H and O–H groups in total. The molecule has 4 rings (SSSR count). The second kappa shape index (κ2) is 10.4. The van der Waals surface area contributed by atoms with E-state index in [4.69, 9.17) is 17.0 Å². The molecule has 8 nitrogen and oxygen atoms in total. The summed E-state index contributed by atoms with van der Waals surface area (Å²) in [5, 5.41) is 13.4. The van der Waals surface area contributed by atoms with E-state index in [2.05, 4.69) is 5.32 Å². The van der Waals surface area contributed by atoms with Gasteiger partial charge in [-0.25, -0.2) is 9.18 Å².